The molecule has 4 rings (SSSR count). The fourth-order valence-electron chi connectivity index (χ4n) is 4.77. The van der Waals surface area contributed by atoms with E-state index < -0.39 is 0 Å². The second-order valence-corrected chi connectivity index (χ2v) is 8.42. The van der Waals surface area contributed by atoms with Crippen molar-refractivity contribution in [1.29, 1.82) is 0 Å². The first kappa shape index (κ1) is 20.6. The van der Waals surface area contributed by atoms with E-state index in [4.69, 9.17) is 0 Å². The Balaban J connectivity index is 0.00000210. The summed E-state index contributed by atoms with van der Waals surface area (Å²) < 4.78 is 1.98. The monoisotopic (exact) mass is 395 g/mol. The number of amides is 1. The fourth-order valence-corrected chi connectivity index (χ4v) is 4.77. The molecule has 1 saturated carbocycles. The van der Waals surface area contributed by atoms with E-state index in [1.165, 1.54) is 32.1 Å². The van der Waals surface area contributed by atoms with Gasteiger partial charge in [-0.15, -0.1) is 12.4 Å². The summed E-state index contributed by atoms with van der Waals surface area (Å²) in [6, 6.07) is 3.02. The number of nitrogens with zero attached hydrogens (tertiary/aromatic N) is 4. The SMILES string of the molecule is CC1CCC(N2CCN(C(=O)c3ccn(C4CCCNC4)n3)CC2)CC1.Cl. The van der Waals surface area contributed by atoms with Crippen molar-refractivity contribution in [3.63, 3.8) is 0 Å². The molecular weight excluding hydrogens is 362 g/mol. The Morgan fingerprint density at radius 2 is 1.81 bits per heavy atom. The lowest BCUT2D eigenvalue weighted by molar-refractivity contribution is 0.0496. The third-order valence-electron chi connectivity index (χ3n) is 6.58. The van der Waals surface area contributed by atoms with Gasteiger partial charge in [0, 0.05) is 45.0 Å². The first-order valence-corrected chi connectivity index (χ1v) is 10.5. The molecule has 3 aliphatic rings. The zero-order valence-electron chi connectivity index (χ0n) is 16.5. The minimum absolute atomic E-state index is 0. The van der Waals surface area contributed by atoms with Crippen LogP contribution in [0.3, 0.4) is 0 Å². The number of nitrogens with one attached hydrogen (secondary N) is 1. The Hall–Kier alpha value is -1.11. The van der Waals surface area contributed by atoms with Crippen molar-refractivity contribution in [3.8, 4) is 0 Å². The van der Waals surface area contributed by atoms with Crippen LogP contribution >= 0.6 is 12.4 Å². The van der Waals surface area contributed by atoms with Gasteiger partial charge in [-0.2, -0.15) is 5.10 Å². The van der Waals surface area contributed by atoms with Crippen LogP contribution in [-0.2, 0) is 0 Å². The zero-order chi connectivity index (χ0) is 17.9. The number of carbonyl (C=O) groups excluding carboxylic acids is 1. The highest BCUT2D eigenvalue weighted by atomic mass is 35.5. The van der Waals surface area contributed by atoms with E-state index in [1.54, 1.807) is 0 Å². The number of hydrogen-bond acceptors (Lipinski definition) is 4. The predicted octanol–water partition coefficient (Wildman–Crippen LogP) is 2.57. The maximum absolute atomic E-state index is 12.8. The quantitative estimate of drug-likeness (QED) is 0.854. The maximum Gasteiger partial charge on any atom is 0.274 e. The van der Waals surface area contributed by atoms with Gasteiger partial charge in [-0.05, 0) is 57.1 Å². The van der Waals surface area contributed by atoms with Gasteiger partial charge in [-0.1, -0.05) is 6.92 Å². The highest BCUT2D eigenvalue weighted by molar-refractivity contribution is 5.92. The van der Waals surface area contributed by atoms with E-state index in [1.807, 2.05) is 21.8 Å². The first-order chi connectivity index (χ1) is 12.7. The number of piperidine rings is 1. The normalized spacial score (nSPS) is 30.0. The molecule has 152 valence electrons. The third kappa shape index (κ3) is 4.84. The minimum Gasteiger partial charge on any atom is -0.335 e. The standard InChI is InChI=1S/C20H33N5O.ClH/c1-16-4-6-17(7-5-16)23-11-13-24(14-12-23)20(26)19-8-10-25(22-19)18-3-2-9-21-15-18;/h8,10,16-18,21H,2-7,9,11-15H2,1H3;1H. The van der Waals surface area contributed by atoms with Gasteiger partial charge in [0.25, 0.3) is 5.91 Å². The number of piperazine rings is 1. The number of rotatable bonds is 3. The summed E-state index contributed by atoms with van der Waals surface area (Å²) in [6.45, 7) is 8.11. The molecule has 0 bridgehead atoms. The van der Waals surface area contributed by atoms with Gasteiger partial charge in [0.05, 0.1) is 6.04 Å². The van der Waals surface area contributed by atoms with Crippen LogP contribution in [0.5, 0.6) is 0 Å². The Bertz CT molecular complexity index is 599. The Morgan fingerprint density at radius 1 is 1.07 bits per heavy atom. The van der Waals surface area contributed by atoms with Crippen LogP contribution in [0.15, 0.2) is 12.3 Å². The van der Waals surface area contributed by atoms with Crippen molar-refractivity contribution in [2.75, 3.05) is 39.3 Å². The molecule has 1 N–H and O–H groups in total. The second-order valence-electron chi connectivity index (χ2n) is 8.42. The summed E-state index contributed by atoms with van der Waals surface area (Å²) >= 11 is 0. The number of aromatic nitrogens is 2. The third-order valence-corrected chi connectivity index (χ3v) is 6.58. The number of hydrogen-bond donors (Lipinski definition) is 1. The van der Waals surface area contributed by atoms with Crippen molar-refractivity contribution >= 4 is 18.3 Å². The molecule has 2 aliphatic heterocycles. The second kappa shape index (κ2) is 9.39. The molecule has 3 heterocycles. The lowest BCUT2D eigenvalue weighted by Gasteiger charge is -2.41. The van der Waals surface area contributed by atoms with Gasteiger partial charge in [0.2, 0.25) is 0 Å². The Morgan fingerprint density at radius 3 is 2.48 bits per heavy atom. The average Bonchev–Trinajstić information content (AvgIpc) is 3.19. The molecule has 0 aromatic carbocycles. The van der Waals surface area contributed by atoms with Crippen LogP contribution < -0.4 is 5.32 Å². The maximum atomic E-state index is 12.8. The summed E-state index contributed by atoms with van der Waals surface area (Å²) in [5.74, 6) is 0.994. The topological polar surface area (TPSA) is 53.4 Å². The van der Waals surface area contributed by atoms with Gasteiger partial charge in [-0.25, -0.2) is 0 Å². The molecule has 2 saturated heterocycles. The highest BCUT2D eigenvalue weighted by Crippen LogP contribution is 2.27. The molecule has 0 radical (unpaired) electrons. The lowest BCUT2D eigenvalue weighted by Crippen LogP contribution is -2.52. The van der Waals surface area contributed by atoms with E-state index in [9.17, 15) is 4.79 Å². The molecule has 7 heteroatoms. The predicted molar refractivity (Wildman–Crippen MR) is 110 cm³/mol. The van der Waals surface area contributed by atoms with Crippen LogP contribution in [0.4, 0.5) is 0 Å². The van der Waals surface area contributed by atoms with E-state index in [2.05, 4.69) is 22.2 Å². The van der Waals surface area contributed by atoms with Gasteiger partial charge in [0.1, 0.15) is 5.69 Å². The van der Waals surface area contributed by atoms with Gasteiger partial charge < -0.3 is 10.2 Å². The molecule has 6 nitrogen and oxygen atoms in total. The minimum atomic E-state index is 0. The summed E-state index contributed by atoms with van der Waals surface area (Å²) in [4.78, 5) is 17.4. The first-order valence-electron chi connectivity index (χ1n) is 10.5. The fraction of sp³-hybridized carbons (Fsp3) is 0.800. The van der Waals surface area contributed by atoms with Crippen molar-refractivity contribution in [2.45, 2.75) is 57.5 Å². The van der Waals surface area contributed by atoms with Crippen molar-refractivity contribution in [2.24, 2.45) is 5.92 Å². The van der Waals surface area contributed by atoms with Crippen molar-refractivity contribution in [3.05, 3.63) is 18.0 Å². The molecule has 1 aromatic rings. The molecule has 1 atom stereocenters. The molecular formula is C20H34ClN5O. The molecule has 1 amide bonds. The van der Waals surface area contributed by atoms with Crippen molar-refractivity contribution in [1.82, 2.24) is 24.9 Å². The van der Waals surface area contributed by atoms with E-state index in [0.717, 1.165) is 57.6 Å². The average molecular weight is 396 g/mol. The smallest absolute Gasteiger partial charge is 0.274 e. The van der Waals surface area contributed by atoms with Crippen LogP contribution in [0.25, 0.3) is 0 Å². The molecule has 0 spiro atoms. The summed E-state index contributed by atoms with van der Waals surface area (Å²) in [5.41, 5.74) is 0.607. The van der Waals surface area contributed by atoms with E-state index >= 15 is 0 Å². The molecule has 1 aliphatic carbocycles. The van der Waals surface area contributed by atoms with Gasteiger partial charge >= 0.3 is 0 Å². The number of carbonyl (C=O) groups is 1. The molecule has 1 aromatic heterocycles. The zero-order valence-corrected chi connectivity index (χ0v) is 17.3. The van der Waals surface area contributed by atoms with E-state index in [0.29, 0.717) is 11.7 Å². The Labute approximate surface area is 169 Å². The largest absolute Gasteiger partial charge is 0.335 e. The van der Waals surface area contributed by atoms with Crippen LogP contribution in [0.1, 0.15) is 62.0 Å². The summed E-state index contributed by atoms with van der Waals surface area (Å²) in [7, 11) is 0. The number of halogens is 1. The van der Waals surface area contributed by atoms with Crippen LogP contribution in [0.2, 0.25) is 0 Å². The van der Waals surface area contributed by atoms with Crippen molar-refractivity contribution < 1.29 is 4.79 Å². The van der Waals surface area contributed by atoms with E-state index in [-0.39, 0.29) is 18.3 Å². The lowest BCUT2D eigenvalue weighted by atomic mass is 9.86. The highest BCUT2D eigenvalue weighted by Gasteiger charge is 2.29. The Kier molecular flexibility index (Phi) is 7.17. The van der Waals surface area contributed by atoms with Gasteiger partial charge in [0.15, 0.2) is 0 Å². The summed E-state index contributed by atoms with van der Waals surface area (Å²) in [6.07, 6.45) is 9.67. The molecule has 1 unspecified atom stereocenters. The molecule has 3 fully saturated rings. The summed E-state index contributed by atoms with van der Waals surface area (Å²) in [5, 5.41) is 8.01. The van der Waals surface area contributed by atoms with Crippen LogP contribution in [-0.4, -0.2) is 70.8 Å². The van der Waals surface area contributed by atoms with Crippen LogP contribution in [0, 0.1) is 5.92 Å². The van der Waals surface area contributed by atoms with Gasteiger partial charge in [-0.3, -0.25) is 14.4 Å². The molecule has 27 heavy (non-hydrogen) atoms.